The number of aliphatic carboxylic acids is 1. The largest absolute Gasteiger partial charge is 0.486 e. The Morgan fingerprint density at radius 1 is 1.23 bits per heavy atom. The predicted octanol–water partition coefficient (Wildman–Crippen LogP) is 1.38. The molecule has 26 heavy (non-hydrogen) atoms. The lowest BCUT2D eigenvalue weighted by Gasteiger charge is -2.19. The van der Waals surface area contributed by atoms with E-state index in [0.717, 1.165) is 6.42 Å². The number of hydrogen-bond donors (Lipinski definition) is 2. The zero-order valence-electron chi connectivity index (χ0n) is 14.6. The number of nitrogens with one attached hydrogen (secondary N) is 1. The standard InChI is InChI=1S/C17H23NO7S/c1-2-3-4-13(17(20)21)18-16(19)7-10-26(22,23)12-5-6-14-15(11-12)25-9-8-24-14/h5-6,11,13H,2-4,7-10H2,1H3,(H,18,19)(H,20,21)/t13-/m0/s1. The molecular formula is C17H23NO7S. The Morgan fingerprint density at radius 3 is 2.58 bits per heavy atom. The van der Waals surface area contributed by atoms with Gasteiger partial charge in [-0.25, -0.2) is 13.2 Å². The van der Waals surface area contributed by atoms with Crippen molar-refractivity contribution in [1.29, 1.82) is 0 Å². The fourth-order valence-corrected chi connectivity index (χ4v) is 3.75. The van der Waals surface area contributed by atoms with Gasteiger partial charge in [0.2, 0.25) is 5.91 Å². The van der Waals surface area contributed by atoms with Gasteiger partial charge in [0.15, 0.2) is 21.3 Å². The number of amides is 1. The second-order valence-corrected chi connectivity index (χ2v) is 8.08. The number of hydrogen-bond acceptors (Lipinski definition) is 6. The first-order valence-corrected chi connectivity index (χ1v) is 10.1. The maximum Gasteiger partial charge on any atom is 0.326 e. The number of fused-ring (bicyclic) bond motifs is 1. The summed E-state index contributed by atoms with van der Waals surface area (Å²) < 4.78 is 35.6. The van der Waals surface area contributed by atoms with Crippen LogP contribution in [0.5, 0.6) is 11.5 Å². The van der Waals surface area contributed by atoms with E-state index >= 15 is 0 Å². The molecule has 0 saturated heterocycles. The van der Waals surface area contributed by atoms with Gasteiger partial charge in [-0.15, -0.1) is 0 Å². The molecule has 2 N–H and O–H groups in total. The van der Waals surface area contributed by atoms with Crippen LogP contribution in [0, 0.1) is 0 Å². The van der Waals surface area contributed by atoms with Gasteiger partial charge in [0.25, 0.3) is 0 Å². The normalized spacial score (nSPS) is 14.5. The average Bonchev–Trinajstić information content (AvgIpc) is 2.62. The quantitative estimate of drug-likeness (QED) is 0.659. The summed E-state index contributed by atoms with van der Waals surface area (Å²) in [4.78, 5) is 23.1. The topological polar surface area (TPSA) is 119 Å². The van der Waals surface area contributed by atoms with Crippen molar-refractivity contribution in [3.63, 3.8) is 0 Å². The van der Waals surface area contributed by atoms with E-state index in [2.05, 4.69) is 5.32 Å². The number of sulfone groups is 1. The molecule has 144 valence electrons. The van der Waals surface area contributed by atoms with Crippen LogP contribution in [0.2, 0.25) is 0 Å². The van der Waals surface area contributed by atoms with E-state index in [-0.39, 0.29) is 11.3 Å². The Kier molecular flexibility index (Phi) is 6.84. The lowest BCUT2D eigenvalue weighted by atomic mass is 10.1. The van der Waals surface area contributed by atoms with Crippen LogP contribution in [0.15, 0.2) is 23.1 Å². The lowest BCUT2D eigenvalue weighted by Crippen LogP contribution is -2.41. The maximum atomic E-state index is 12.4. The third-order valence-corrected chi connectivity index (χ3v) is 5.66. The number of ether oxygens (including phenoxy) is 2. The minimum atomic E-state index is -3.71. The summed E-state index contributed by atoms with van der Waals surface area (Å²) >= 11 is 0. The zero-order chi connectivity index (χ0) is 19.2. The maximum absolute atomic E-state index is 12.4. The fourth-order valence-electron chi connectivity index (χ4n) is 2.49. The average molecular weight is 385 g/mol. The van der Waals surface area contributed by atoms with Gasteiger partial charge in [-0.2, -0.15) is 0 Å². The van der Waals surface area contributed by atoms with Crippen LogP contribution >= 0.6 is 0 Å². The number of carboxylic acid groups (broad SMARTS) is 1. The lowest BCUT2D eigenvalue weighted by molar-refractivity contribution is -0.142. The van der Waals surface area contributed by atoms with Crippen molar-refractivity contribution in [2.75, 3.05) is 19.0 Å². The highest BCUT2D eigenvalue weighted by Gasteiger charge is 2.23. The van der Waals surface area contributed by atoms with Gasteiger partial charge in [0, 0.05) is 12.5 Å². The van der Waals surface area contributed by atoms with Gasteiger partial charge in [-0.1, -0.05) is 19.8 Å². The number of benzene rings is 1. The van der Waals surface area contributed by atoms with Crippen LogP contribution in [-0.4, -0.2) is 50.4 Å². The van der Waals surface area contributed by atoms with E-state index in [1.807, 2.05) is 6.92 Å². The van der Waals surface area contributed by atoms with Crippen molar-refractivity contribution in [2.24, 2.45) is 0 Å². The molecule has 1 atom stereocenters. The molecule has 0 radical (unpaired) electrons. The molecule has 0 bridgehead atoms. The summed E-state index contributed by atoms with van der Waals surface area (Å²) in [6.45, 7) is 2.66. The van der Waals surface area contributed by atoms with Crippen molar-refractivity contribution < 1.29 is 32.6 Å². The molecule has 1 aliphatic rings. The fraction of sp³-hybridized carbons (Fsp3) is 0.529. The van der Waals surface area contributed by atoms with Gasteiger partial charge in [0.1, 0.15) is 19.3 Å². The third kappa shape index (κ3) is 5.35. The molecule has 1 heterocycles. The van der Waals surface area contributed by atoms with Crippen molar-refractivity contribution >= 4 is 21.7 Å². The highest BCUT2D eigenvalue weighted by Crippen LogP contribution is 2.32. The molecule has 2 rings (SSSR count). The van der Waals surface area contributed by atoms with E-state index in [1.165, 1.54) is 18.2 Å². The molecule has 0 aliphatic carbocycles. The number of carbonyl (C=O) groups is 2. The van der Waals surface area contributed by atoms with Gasteiger partial charge in [-0.05, 0) is 18.6 Å². The van der Waals surface area contributed by atoms with Crippen LogP contribution in [0.1, 0.15) is 32.6 Å². The van der Waals surface area contributed by atoms with E-state index < -0.39 is 33.5 Å². The third-order valence-electron chi connectivity index (χ3n) is 3.95. The second kappa shape index (κ2) is 8.88. The number of unbranched alkanes of at least 4 members (excludes halogenated alkanes) is 1. The van der Waals surface area contributed by atoms with Crippen molar-refractivity contribution in [1.82, 2.24) is 5.32 Å². The molecule has 9 heteroatoms. The summed E-state index contributed by atoms with van der Waals surface area (Å²) in [6, 6.07) is 3.30. The van der Waals surface area contributed by atoms with Crippen molar-refractivity contribution in [2.45, 2.75) is 43.5 Å². The van der Waals surface area contributed by atoms with Crippen LogP contribution in [0.25, 0.3) is 0 Å². The number of carboxylic acids is 1. The molecule has 0 aromatic heterocycles. The summed E-state index contributed by atoms with van der Waals surface area (Å²) in [7, 11) is -3.71. The summed E-state index contributed by atoms with van der Waals surface area (Å²) in [6.07, 6.45) is 1.46. The van der Waals surface area contributed by atoms with Gasteiger partial charge in [0.05, 0.1) is 10.6 Å². The van der Waals surface area contributed by atoms with E-state index in [1.54, 1.807) is 0 Å². The number of rotatable bonds is 9. The molecule has 8 nitrogen and oxygen atoms in total. The van der Waals surface area contributed by atoms with E-state index in [9.17, 15) is 18.0 Å². The van der Waals surface area contributed by atoms with Crippen LogP contribution in [-0.2, 0) is 19.4 Å². The van der Waals surface area contributed by atoms with Crippen LogP contribution < -0.4 is 14.8 Å². The smallest absolute Gasteiger partial charge is 0.326 e. The highest BCUT2D eigenvalue weighted by molar-refractivity contribution is 7.91. The Hall–Kier alpha value is -2.29. The van der Waals surface area contributed by atoms with Crippen molar-refractivity contribution in [3.05, 3.63) is 18.2 Å². The summed E-state index contributed by atoms with van der Waals surface area (Å²) in [5.74, 6) is -1.31. The molecule has 1 amide bonds. The first kappa shape index (κ1) is 20.0. The predicted molar refractivity (Wildman–Crippen MR) is 93.2 cm³/mol. The molecule has 0 fully saturated rings. The Labute approximate surface area is 152 Å². The summed E-state index contributed by atoms with van der Waals surface area (Å²) in [5, 5.41) is 11.5. The molecule has 1 aromatic carbocycles. The van der Waals surface area contributed by atoms with E-state index in [0.29, 0.717) is 37.6 Å². The molecule has 0 saturated carbocycles. The Bertz CT molecular complexity index is 760. The van der Waals surface area contributed by atoms with Crippen LogP contribution in [0.4, 0.5) is 0 Å². The molecule has 1 aliphatic heterocycles. The molecular weight excluding hydrogens is 362 g/mol. The van der Waals surface area contributed by atoms with Gasteiger partial charge >= 0.3 is 5.97 Å². The Morgan fingerprint density at radius 2 is 1.92 bits per heavy atom. The van der Waals surface area contributed by atoms with Crippen molar-refractivity contribution in [3.8, 4) is 11.5 Å². The first-order valence-electron chi connectivity index (χ1n) is 8.48. The Balaban J connectivity index is 1.96. The first-order chi connectivity index (χ1) is 12.3. The molecule has 0 spiro atoms. The number of carbonyl (C=O) groups excluding carboxylic acids is 1. The van der Waals surface area contributed by atoms with Crippen LogP contribution in [0.3, 0.4) is 0 Å². The molecule has 0 unspecified atom stereocenters. The minimum absolute atomic E-state index is 0.0373. The second-order valence-electron chi connectivity index (χ2n) is 5.97. The minimum Gasteiger partial charge on any atom is -0.486 e. The highest BCUT2D eigenvalue weighted by atomic mass is 32.2. The zero-order valence-corrected chi connectivity index (χ0v) is 15.4. The van der Waals surface area contributed by atoms with E-state index in [4.69, 9.17) is 14.6 Å². The van der Waals surface area contributed by atoms with Gasteiger partial charge < -0.3 is 19.9 Å². The van der Waals surface area contributed by atoms with Gasteiger partial charge in [-0.3, -0.25) is 4.79 Å². The SMILES string of the molecule is CCCC[C@H](NC(=O)CCS(=O)(=O)c1ccc2c(c1)OCCO2)C(=O)O. The molecule has 1 aromatic rings. The summed E-state index contributed by atoms with van der Waals surface area (Å²) in [5.41, 5.74) is 0. The monoisotopic (exact) mass is 385 g/mol.